The second-order valence-electron chi connectivity index (χ2n) is 6.66. The molecule has 0 radical (unpaired) electrons. The number of alkyl halides is 3. The minimum absolute atomic E-state index is 0.0189. The molecule has 0 saturated heterocycles. The van der Waals surface area contributed by atoms with Gasteiger partial charge in [0.25, 0.3) is 10.0 Å². The number of para-hydroxylation sites is 1. The van der Waals surface area contributed by atoms with Crippen molar-refractivity contribution < 1.29 is 31.1 Å². The first-order valence-corrected chi connectivity index (χ1v) is 11.7. The van der Waals surface area contributed by atoms with Crippen molar-refractivity contribution in [1.82, 2.24) is 9.19 Å². The van der Waals surface area contributed by atoms with Crippen LogP contribution in [-0.2, 0) is 21.2 Å². The van der Waals surface area contributed by atoms with Gasteiger partial charge >= 0.3 is 6.36 Å². The number of halogens is 5. The minimum atomic E-state index is -4.91. The van der Waals surface area contributed by atoms with E-state index in [9.17, 15) is 26.4 Å². The fraction of sp³-hybridized carbons (Fsp3) is 0.200. The predicted octanol–water partition coefficient (Wildman–Crippen LogP) is 5.13. The monoisotopic (exact) mass is 521 g/mol. The third-order valence-corrected chi connectivity index (χ3v) is 6.42. The Morgan fingerprint density at radius 2 is 1.79 bits per heavy atom. The van der Waals surface area contributed by atoms with E-state index >= 15 is 0 Å². The van der Waals surface area contributed by atoms with Crippen LogP contribution in [0.25, 0.3) is 11.1 Å². The number of carbonyl (C=O) groups excluding carboxylic acids is 1. The normalized spacial score (nSPS) is 11.9. The number of anilines is 1. The number of ether oxygens (including phenoxy) is 1. The van der Waals surface area contributed by atoms with Crippen LogP contribution in [0.4, 0.5) is 18.9 Å². The Kier molecular flexibility index (Phi) is 7.25. The van der Waals surface area contributed by atoms with Gasteiger partial charge in [-0.3, -0.25) is 4.79 Å². The average molecular weight is 522 g/mol. The predicted molar refractivity (Wildman–Crippen MR) is 118 cm³/mol. The van der Waals surface area contributed by atoms with Crippen LogP contribution < -0.4 is 10.1 Å². The highest BCUT2D eigenvalue weighted by Crippen LogP contribution is 2.42. The van der Waals surface area contributed by atoms with Gasteiger partial charge in [0, 0.05) is 23.0 Å². The molecule has 2 aromatic carbocycles. The number of nitrogens with zero attached hydrogens (tertiary/aromatic N) is 2. The largest absolute Gasteiger partial charge is 0.573 e. The lowest BCUT2D eigenvalue weighted by molar-refractivity contribution is -0.274. The summed E-state index contributed by atoms with van der Waals surface area (Å²) in [5.74, 6) is -1.17. The fourth-order valence-corrected chi connectivity index (χ4v) is 4.31. The summed E-state index contributed by atoms with van der Waals surface area (Å²) >= 11 is 12.5. The standard InChI is InChI=1S/C20H16Cl2F3N3O4S/c1-2-33(30,31)28-8-7-12(27-28)11-18(29)26-13-9-15(21)19(16(22)10-13)14-5-3-4-6-17(14)32-20(23,24)25/h3-10H,2,11H2,1H3,(H,26,29). The van der Waals surface area contributed by atoms with E-state index in [1.54, 1.807) is 0 Å². The number of hydrogen-bond donors (Lipinski definition) is 1. The van der Waals surface area contributed by atoms with Crippen molar-refractivity contribution in [2.75, 3.05) is 11.1 Å². The SMILES string of the molecule is CCS(=O)(=O)n1ccc(CC(=O)Nc2cc(Cl)c(-c3ccccc3OC(F)(F)F)c(Cl)c2)n1. The Labute approximate surface area is 197 Å². The van der Waals surface area contributed by atoms with Gasteiger partial charge in [0.2, 0.25) is 5.91 Å². The molecule has 176 valence electrons. The molecule has 13 heteroatoms. The maximum Gasteiger partial charge on any atom is 0.573 e. The zero-order chi connectivity index (χ0) is 24.4. The maximum atomic E-state index is 12.7. The summed E-state index contributed by atoms with van der Waals surface area (Å²) in [6.07, 6.45) is -3.90. The highest BCUT2D eigenvalue weighted by Gasteiger charge is 2.32. The Hall–Kier alpha value is -2.76. The van der Waals surface area contributed by atoms with E-state index in [2.05, 4.69) is 15.2 Å². The molecule has 0 spiro atoms. The molecule has 0 atom stereocenters. The van der Waals surface area contributed by atoms with Crippen LogP contribution in [0, 0.1) is 0 Å². The molecule has 0 aliphatic heterocycles. The van der Waals surface area contributed by atoms with Crippen molar-refractivity contribution in [2.24, 2.45) is 0 Å². The number of aromatic nitrogens is 2. The molecule has 1 N–H and O–H groups in total. The summed E-state index contributed by atoms with van der Waals surface area (Å²) in [6, 6.07) is 9.41. The highest BCUT2D eigenvalue weighted by atomic mass is 35.5. The van der Waals surface area contributed by atoms with Gasteiger partial charge in [-0.15, -0.1) is 13.2 Å². The van der Waals surface area contributed by atoms with Crippen LogP contribution in [0.1, 0.15) is 12.6 Å². The number of nitrogens with one attached hydrogen (secondary N) is 1. The van der Waals surface area contributed by atoms with E-state index in [4.69, 9.17) is 23.2 Å². The van der Waals surface area contributed by atoms with Gasteiger partial charge in [-0.05, 0) is 31.2 Å². The Morgan fingerprint density at radius 3 is 2.39 bits per heavy atom. The average Bonchev–Trinajstić information content (AvgIpc) is 3.17. The summed E-state index contributed by atoms with van der Waals surface area (Å²) in [5.41, 5.74) is 0.523. The number of amides is 1. The smallest absolute Gasteiger partial charge is 0.405 e. The molecule has 7 nitrogen and oxygen atoms in total. The zero-order valence-electron chi connectivity index (χ0n) is 16.9. The molecule has 0 saturated carbocycles. The first-order valence-electron chi connectivity index (χ1n) is 9.31. The fourth-order valence-electron chi connectivity index (χ4n) is 2.88. The van der Waals surface area contributed by atoms with Crippen molar-refractivity contribution in [2.45, 2.75) is 19.7 Å². The van der Waals surface area contributed by atoms with Gasteiger partial charge in [-0.1, -0.05) is 41.4 Å². The zero-order valence-corrected chi connectivity index (χ0v) is 19.2. The van der Waals surface area contributed by atoms with E-state index in [1.165, 1.54) is 49.5 Å². The molecule has 0 aliphatic rings. The number of rotatable bonds is 7. The van der Waals surface area contributed by atoms with E-state index in [0.29, 0.717) is 0 Å². The Bertz CT molecular complexity index is 1270. The van der Waals surface area contributed by atoms with Gasteiger partial charge in [0.15, 0.2) is 0 Å². The highest BCUT2D eigenvalue weighted by molar-refractivity contribution is 7.89. The first kappa shape index (κ1) is 24.9. The van der Waals surface area contributed by atoms with Crippen molar-refractivity contribution in [1.29, 1.82) is 0 Å². The molecular formula is C20H16Cl2F3N3O4S. The van der Waals surface area contributed by atoms with Gasteiger partial charge < -0.3 is 10.1 Å². The van der Waals surface area contributed by atoms with Gasteiger partial charge in [0.05, 0.1) is 27.9 Å². The maximum absolute atomic E-state index is 12.7. The summed E-state index contributed by atoms with van der Waals surface area (Å²) in [7, 11) is -3.57. The Balaban J connectivity index is 1.81. The van der Waals surface area contributed by atoms with Crippen molar-refractivity contribution in [3.8, 4) is 16.9 Å². The van der Waals surface area contributed by atoms with Crippen LogP contribution >= 0.6 is 23.2 Å². The van der Waals surface area contributed by atoms with Crippen LogP contribution in [0.2, 0.25) is 10.0 Å². The molecule has 3 rings (SSSR count). The quantitative estimate of drug-likeness (QED) is 0.465. The molecule has 33 heavy (non-hydrogen) atoms. The van der Waals surface area contributed by atoms with Crippen LogP contribution in [-0.4, -0.2) is 35.6 Å². The summed E-state index contributed by atoms with van der Waals surface area (Å²) in [5, 5.41) is 6.38. The second-order valence-corrected chi connectivity index (χ2v) is 9.59. The van der Waals surface area contributed by atoms with Crippen molar-refractivity contribution >= 4 is 44.8 Å². The number of carbonyl (C=O) groups is 1. The van der Waals surface area contributed by atoms with Gasteiger partial charge in [0.1, 0.15) is 5.75 Å². The second kappa shape index (κ2) is 9.62. The lowest BCUT2D eigenvalue weighted by atomic mass is 10.0. The van der Waals surface area contributed by atoms with Crippen LogP contribution in [0.15, 0.2) is 48.7 Å². The van der Waals surface area contributed by atoms with Crippen molar-refractivity contribution in [3.63, 3.8) is 0 Å². The summed E-state index contributed by atoms with van der Waals surface area (Å²) in [6.45, 7) is 1.47. The Morgan fingerprint density at radius 1 is 1.15 bits per heavy atom. The third-order valence-electron chi connectivity index (χ3n) is 4.32. The minimum Gasteiger partial charge on any atom is -0.405 e. The first-order chi connectivity index (χ1) is 15.4. The molecule has 0 aliphatic carbocycles. The van der Waals surface area contributed by atoms with E-state index in [1.807, 2.05) is 0 Å². The summed E-state index contributed by atoms with van der Waals surface area (Å²) < 4.78 is 66.7. The molecule has 1 amide bonds. The third kappa shape index (κ3) is 6.18. The molecule has 0 fully saturated rings. The molecule has 1 aromatic heterocycles. The van der Waals surface area contributed by atoms with Gasteiger partial charge in [-0.2, -0.15) is 9.19 Å². The summed E-state index contributed by atoms with van der Waals surface area (Å²) in [4.78, 5) is 12.4. The van der Waals surface area contributed by atoms with E-state index in [0.717, 1.165) is 10.2 Å². The number of benzene rings is 2. The van der Waals surface area contributed by atoms with Crippen molar-refractivity contribution in [3.05, 3.63) is 64.4 Å². The van der Waals surface area contributed by atoms with Crippen LogP contribution in [0.5, 0.6) is 5.75 Å². The van der Waals surface area contributed by atoms with E-state index < -0.39 is 28.0 Å². The van der Waals surface area contributed by atoms with Crippen LogP contribution in [0.3, 0.4) is 0 Å². The molecular weight excluding hydrogens is 506 g/mol. The van der Waals surface area contributed by atoms with Gasteiger partial charge in [-0.25, -0.2) is 8.42 Å². The lowest BCUT2D eigenvalue weighted by Crippen LogP contribution is -2.18. The lowest BCUT2D eigenvalue weighted by Gasteiger charge is -2.16. The topological polar surface area (TPSA) is 90.3 Å². The molecule has 1 heterocycles. The molecule has 3 aromatic rings. The molecule has 0 unspecified atom stereocenters. The van der Waals surface area contributed by atoms with E-state index in [-0.39, 0.29) is 44.7 Å². The number of hydrogen-bond acceptors (Lipinski definition) is 5. The molecule has 0 bridgehead atoms.